The molecular formula is C22H37ClN6OSi. The summed E-state index contributed by atoms with van der Waals surface area (Å²) in [5, 5.41) is 5.40. The van der Waals surface area contributed by atoms with Crippen molar-refractivity contribution in [1.82, 2.24) is 19.7 Å². The van der Waals surface area contributed by atoms with E-state index < -0.39 is 8.32 Å². The third-order valence-corrected chi connectivity index (χ3v) is 11.9. The van der Waals surface area contributed by atoms with E-state index in [1.165, 1.54) is 11.3 Å². The minimum atomic E-state index is -1.90. The van der Waals surface area contributed by atoms with Crippen LogP contribution in [0.2, 0.25) is 23.3 Å². The van der Waals surface area contributed by atoms with Gasteiger partial charge in [0.2, 0.25) is 5.95 Å². The van der Waals surface area contributed by atoms with E-state index in [1.807, 2.05) is 11.7 Å². The van der Waals surface area contributed by atoms with Crippen molar-refractivity contribution < 1.29 is 4.43 Å². The van der Waals surface area contributed by atoms with Crippen molar-refractivity contribution in [2.45, 2.75) is 78.1 Å². The molecule has 0 saturated carbocycles. The van der Waals surface area contributed by atoms with Crippen LogP contribution in [-0.4, -0.2) is 41.2 Å². The molecule has 2 N–H and O–H groups in total. The first-order valence-electron chi connectivity index (χ1n) is 11.0. The van der Waals surface area contributed by atoms with Crippen LogP contribution in [0.3, 0.4) is 0 Å². The maximum absolute atomic E-state index is 6.59. The molecule has 1 aliphatic heterocycles. The highest BCUT2D eigenvalue weighted by molar-refractivity contribution is 6.74. The number of nitrogens with two attached hydrogens (primary N) is 1. The average Bonchev–Trinajstić information content (AvgIpc) is 3.15. The molecule has 0 aliphatic carbocycles. The number of anilines is 2. The quantitative estimate of drug-likeness (QED) is 0.478. The average molecular weight is 465 g/mol. The second-order valence-corrected chi connectivity index (χ2v) is 15.3. The largest absolute Gasteiger partial charge is 0.416 e. The van der Waals surface area contributed by atoms with Gasteiger partial charge in [-0.3, -0.25) is 4.68 Å². The van der Waals surface area contributed by atoms with Gasteiger partial charge in [0.25, 0.3) is 0 Å². The monoisotopic (exact) mass is 464 g/mol. The molecule has 0 fully saturated rings. The van der Waals surface area contributed by atoms with Crippen molar-refractivity contribution in [2.75, 3.05) is 23.8 Å². The smallest absolute Gasteiger partial charge is 0.223 e. The summed E-state index contributed by atoms with van der Waals surface area (Å²) in [6.45, 7) is 19.1. The Kier molecular flexibility index (Phi) is 6.48. The lowest BCUT2D eigenvalue weighted by Gasteiger charge is -2.37. The number of nitrogens with zero attached hydrogens (tertiary/aromatic N) is 5. The predicted molar refractivity (Wildman–Crippen MR) is 130 cm³/mol. The zero-order valence-corrected chi connectivity index (χ0v) is 22.1. The van der Waals surface area contributed by atoms with Crippen LogP contribution in [0.1, 0.15) is 69.1 Å². The molecule has 0 amide bonds. The Morgan fingerprint density at radius 1 is 1.29 bits per heavy atom. The van der Waals surface area contributed by atoms with Crippen molar-refractivity contribution >= 4 is 31.7 Å². The van der Waals surface area contributed by atoms with Crippen molar-refractivity contribution in [1.29, 1.82) is 0 Å². The molecule has 3 rings (SSSR count). The molecule has 0 spiro atoms. The third kappa shape index (κ3) is 4.34. The first-order chi connectivity index (χ1) is 14.3. The number of hydrogen-bond acceptors (Lipinski definition) is 6. The third-order valence-electron chi connectivity index (χ3n) is 7.11. The zero-order valence-electron chi connectivity index (χ0n) is 20.4. The standard InChI is InChI=1S/C22H37ClN6OSi/c1-10-16-13(2)18(27-28(16)7)14(3)29-11-15(12-30-31(8,9)22(4,5)6)17-19(23)25-21(24)26-20(17)29/h14-15H,10-12H2,1-9H3,(H2,24,25,26). The van der Waals surface area contributed by atoms with Crippen LogP contribution in [0.5, 0.6) is 0 Å². The van der Waals surface area contributed by atoms with Gasteiger partial charge in [0.15, 0.2) is 8.32 Å². The second-order valence-electron chi connectivity index (χ2n) is 10.1. The minimum Gasteiger partial charge on any atom is -0.416 e. The molecule has 2 aromatic heterocycles. The highest BCUT2D eigenvalue weighted by Crippen LogP contribution is 2.45. The van der Waals surface area contributed by atoms with Gasteiger partial charge in [-0.25, -0.2) is 4.98 Å². The van der Waals surface area contributed by atoms with Gasteiger partial charge in [-0.2, -0.15) is 10.1 Å². The van der Waals surface area contributed by atoms with Crippen LogP contribution in [0.15, 0.2) is 0 Å². The summed E-state index contributed by atoms with van der Waals surface area (Å²) in [5.41, 5.74) is 10.5. The van der Waals surface area contributed by atoms with Gasteiger partial charge in [-0.1, -0.05) is 39.3 Å². The number of aromatic nitrogens is 4. The minimum absolute atomic E-state index is 0.0356. The van der Waals surface area contributed by atoms with Crippen molar-refractivity contribution in [3.8, 4) is 0 Å². The fourth-order valence-corrected chi connectivity index (χ4v) is 5.54. The zero-order chi connectivity index (χ0) is 23.3. The molecule has 0 saturated heterocycles. The summed E-state index contributed by atoms with van der Waals surface area (Å²) in [7, 11) is 0.111. The van der Waals surface area contributed by atoms with Crippen LogP contribution in [0.25, 0.3) is 0 Å². The SMILES string of the molecule is CCc1c(C)c(C(C)N2CC(CO[Si](C)(C)C(C)(C)C)c3c(Cl)nc(N)nc32)nn1C. The van der Waals surface area contributed by atoms with Gasteiger partial charge in [0, 0.05) is 37.4 Å². The predicted octanol–water partition coefficient (Wildman–Crippen LogP) is 5.00. The molecule has 172 valence electrons. The number of aryl methyl sites for hydroxylation is 1. The summed E-state index contributed by atoms with van der Waals surface area (Å²) in [5.74, 6) is 1.09. The molecule has 9 heteroatoms. The lowest BCUT2D eigenvalue weighted by molar-refractivity contribution is 0.266. The van der Waals surface area contributed by atoms with Gasteiger partial charge in [-0.05, 0) is 44.0 Å². The molecule has 0 bridgehead atoms. The van der Waals surface area contributed by atoms with Crippen LogP contribution in [-0.2, 0) is 17.9 Å². The highest BCUT2D eigenvalue weighted by atomic mass is 35.5. The Morgan fingerprint density at radius 2 is 1.94 bits per heavy atom. The Morgan fingerprint density at radius 3 is 2.48 bits per heavy atom. The van der Waals surface area contributed by atoms with Gasteiger partial charge >= 0.3 is 0 Å². The molecule has 31 heavy (non-hydrogen) atoms. The maximum atomic E-state index is 6.59. The van der Waals surface area contributed by atoms with E-state index in [0.29, 0.717) is 11.8 Å². The molecule has 0 aromatic carbocycles. The molecule has 2 unspecified atom stereocenters. The lowest BCUT2D eigenvalue weighted by atomic mass is 10.1. The fraction of sp³-hybridized carbons (Fsp3) is 0.682. The molecule has 0 radical (unpaired) electrons. The summed E-state index contributed by atoms with van der Waals surface area (Å²) in [6.07, 6.45) is 0.947. The molecule has 7 nitrogen and oxygen atoms in total. The summed E-state index contributed by atoms with van der Waals surface area (Å²) >= 11 is 6.59. The van der Waals surface area contributed by atoms with Gasteiger partial charge in [-0.15, -0.1) is 0 Å². The summed E-state index contributed by atoms with van der Waals surface area (Å²) in [4.78, 5) is 11.1. The Labute approximate surface area is 192 Å². The summed E-state index contributed by atoms with van der Waals surface area (Å²) in [6, 6.07) is 0.0356. The fourth-order valence-electron chi connectivity index (χ4n) is 4.16. The number of rotatable bonds is 6. The Hall–Kier alpha value is -1.64. The first-order valence-corrected chi connectivity index (χ1v) is 14.3. The topological polar surface area (TPSA) is 82.1 Å². The van der Waals surface area contributed by atoms with Crippen molar-refractivity contribution in [2.24, 2.45) is 7.05 Å². The van der Waals surface area contributed by atoms with Gasteiger partial charge < -0.3 is 15.1 Å². The molecule has 1 aliphatic rings. The van der Waals surface area contributed by atoms with Crippen molar-refractivity contribution in [3.05, 3.63) is 27.7 Å². The Balaban J connectivity index is 1.96. The molecular weight excluding hydrogens is 428 g/mol. The number of fused-ring (bicyclic) bond motifs is 1. The second kappa shape index (κ2) is 8.37. The number of nitrogen functional groups attached to an aromatic ring is 1. The lowest BCUT2D eigenvalue weighted by Crippen LogP contribution is -2.42. The van der Waals surface area contributed by atoms with E-state index in [4.69, 9.17) is 26.9 Å². The maximum Gasteiger partial charge on any atom is 0.223 e. The summed E-state index contributed by atoms with van der Waals surface area (Å²) < 4.78 is 8.55. The normalized spacial score (nSPS) is 17.9. The van der Waals surface area contributed by atoms with E-state index in [1.54, 1.807) is 0 Å². The number of hydrogen-bond donors (Lipinski definition) is 1. The molecule has 2 aromatic rings. The van der Waals surface area contributed by atoms with E-state index in [0.717, 1.165) is 30.0 Å². The van der Waals surface area contributed by atoms with Crippen LogP contribution < -0.4 is 10.6 Å². The van der Waals surface area contributed by atoms with Crippen molar-refractivity contribution in [3.63, 3.8) is 0 Å². The van der Waals surface area contributed by atoms with Gasteiger partial charge in [0.1, 0.15) is 11.0 Å². The van der Waals surface area contributed by atoms with E-state index in [2.05, 4.69) is 69.5 Å². The van der Waals surface area contributed by atoms with Crippen LogP contribution in [0, 0.1) is 6.92 Å². The first kappa shape index (κ1) is 24.0. The van der Waals surface area contributed by atoms with E-state index in [9.17, 15) is 0 Å². The number of halogens is 1. The Bertz CT molecular complexity index is 968. The van der Waals surface area contributed by atoms with Crippen LogP contribution in [0.4, 0.5) is 11.8 Å². The highest BCUT2D eigenvalue weighted by Gasteiger charge is 2.41. The molecule has 3 heterocycles. The van der Waals surface area contributed by atoms with E-state index >= 15 is 0 Å². The van der Waals surface area contributed by atoms with Gasteiger partial charge in [0.05, 0.1) is 11.7 Å². The molecule has 2 atom stereocenters. The van der Waals surface area contributed by atoms with Crippen LogP contribution >= 0.6 is 11.6 Å². The van der Waals surface area contributed by atoms with E-state index in [-0.39, 0.29) is 22.9 Å².